The van der Waals surface area contributed by atoms with Crippen molar-refractivity contribution >= 4 is 89.3 Å². The molecule has 0 radical (unpaired) electrons. The van der Waals surface area contributed by atoms with Crippen molar-refractivity contribution in [2.45, 2.75) is 407 Å². The lowest BCUT2D eigenvalue weighted by Gasteiger charge is -2.34. The standard InChI is InChI=1S/C83H142N4O26/c1-60(88)104-58-71(106-62(3)90)75(108-64(5)92)77(110-66(7)94)79(112-68(9)96)81(100)84-55-51-47-43-39-35-31-27-23-19-15-11-13-17-21-25-29-33-37-41-45-49-53-73(98)86-57-70(83(102)103)87-74(99)54-50-46-42-38-34-30-26-22-18-14-12-16-20-24-28-32-36-40-44-48-52-56-85-82(101)80(113-69(10)97)78(111-67(8)95)76(109-65(6)93)72(107-63(4)91)59-105-61(2)89/h70-72,75-80H,11-59H2,1-10H3,(H,84,100)(H,85,101)(H,86,98)(H,87,99)(H,102,103)/t70?,71-,72+,75+,76-,77-,78+,79+,80-/m1/s1. The number of nitrogens with one attached hydrogen (secondary N) is 4. The molecule has 0 fully saturated rings. The monoisotopic (exact) mass is 1610 g/mol. The minimum Gasteiger partial charge on any atom is -0.480 e. The van der Waals surface area contributed by atoms with Crippen LogP contribution in [0.5, 0.6) is 0 Å². The minimum absolute atomic E-state index is 0.141. The Morgan fingerprint density at radius 2 is 0.469 bits per heavy atom. The fourth-order valence-corrected chi connectivity index (χ4v) is 13.1. The van der Waals surface area contributed by atoms with Gasteiger partial charge in [0.2, 0.25) is 24.0 Å². The number of hydrogen-bond donors (Lipinski definition) is 5. The van der Waals surface area contributed by atoms with Gasteiger partial charge in [0.15, 0.2) is 36.6 Å². The lowest BCUT2D eigenvalue weighted by atomic mass is 10.0. The minimum atomic E-state index is -1.81. The van der Waals surface area contributed by atoms with E-state index in [0.717, 1.165) is 178 Å². The van der Waals surface area contributed by atoms with Crippen LogP contribution < -0.4 is 21.3 Å². The maximum Gasteiger partial charge on any atom is 0.328 e. The Balaban J connectivity index is 4.04. The molecule has 4 amide bonds. The van der Waals surface area contributed by atoms with E-state index in [0.29, 0.717) is 25.7 Å². The van der Waals surface area contributed by atoms with Crippen molar-refractivity contribution in [2.24, 2.45) is 0 Å². The highest BCUT2D eigenvalue weighted by Crippen LogP contribution is 2.25. The van der Waals surface area contributed by atoms with Crippen molar-refractivity contribution in [2.75, 3.05) is 32.8 Å². The topological polar surface area (TPSA) is 417 Å². The van der Waals surface area contributed by atoms with Crippen LogP contribution in [0.2, 0.25) is 0 Å². The second-order valence-corrected chi connectivity index (χ2v) is 29.5. The fourth-order valence-electron chi connectivity index (χ4n) is 13.1. The number of carbonyl (C=O) groups excluding carboxylic acids is 14. The van der Waals surface area contributed by atoms with E-state index in [1.165, 1.54) is 141 Å². The molecule has 0 bridgehead atoms. The molecule has 0 aliphatic rings. The molecular formula is C83H142N4O26. The number of carboxylic acid groups (broad SMARTS) is 1. The Kier molecular flexibility index (Phi) is 63.6. The molecule has 5 N–H and O–H groups in total. The second kappa shape index (κ2) is 68.5. The second-order valence-electron chi connectivity index (χ2n) is 29.5. The van der Waals surface area contributed by atoms with E-state index in [1.807, 2.05) is 0 Å². The van der Waals surface area contributed by atoms with Crippen molar-refractivity contribution in [3.8, 4) is 0 Å². The molecule has 0 aromatic carbocycles. The Hall–Kier alpha value is -7.95. The van der Waals surface area contributed by atoms with Gasteiger partial charge in [0.1, 0.15) is 19.3 Å². The number of aliphatic carboxylic acids is 1. The van der Waals surface area contributed by atoms with E-state index in [1.54, 1.807) is 0 Å². The van der Waals surface area contributed by atoms with Crippen LogP contribution in [-0.2, 0) is 119 Å². The average Bonchev–Trinajstić information content (AvgIpc) is 0.825. The highest BCUT2D eigenvalue weighted by Gasteiger charge is 2.48. The molecular weight excluding hydrogens is 1470 g/mol. The Morgan fingerprint density at radius 1 is 0.248 bits per heavy atom. The summed E-state index contributed by atoms with van der Waals surface area (Å²) in [5.74, 6) is -12.0. The van der Waals surface area contributed by atoms with E-state index in [9.17, 15) is 77.0 Å². The van der Waals surface area contributed by atoms with Crippen molar-refractivity contribution in [1.29, 1.82) is 0 Å². The summed E-state index contributed by atoms with van der Waals surface area (Å²) in [4.78, 5) is 184. The zero-order valence-corrected chi connectivity index (χ0v) is 70.0. The van der Waals surface area contributed by atoms with Gasteiger partial charge >= 0.3 is 65.7 Å². The molecule has 1 unspecified atom stereocenters. The van der Waals surface area contributed by atoms with Crippen LogP contribution >= 0.6 is 0 Å². The molecule has 650 valence electrons. The van der Waals surface area contributed by atoms with E-state index >= 15 is 0 Å². The third-order valence-corrected chi connectivity index (χ3v) is 18.7. The molecule has 0 aliphatic carbocycles. The molecule has 0 rings (SSSR count). The third kappa shape index (κ3) is 61.2. The molecule has 0 spiro atoms. The van der Waals surface area contributed by atoms with Gasteiger partial charge in [-0.1, -0.05) is 244 Å². The molecule has 0 aromatic heterocycles. The number of carboxylic acids is 1. The highest BCUT2D eigenvalue weighted by molar-refractivity contribution is 5.86. The van der Waals surface area contributed by atoms with E-state index in [4.69, 9.17) is 47.4 Å². The summed E-state index contributed by atoms with van der Waals surface area (Å²) in [5, 5.41) is 20.4. The van der Waals surface area contributed by atoms with Gasteiger partial charge in [-0.15, -0.1) is 0 Å². The lowest BCUT2D eigenvalue weighted by Crippen LogP contribution is -2.57. The molecule has 0 saturated heterocycles. The maximum atomic E-state index is 13.4. The van der Waals surface area contributed by atoms with E-state index in [-0.39, 0.29) is 37.9 Å². The summed E-state index contributed by atoms with van der Waals surface area (Å²) < 4.78 is 52.4. The number of amides is 4. The Bertz CT molecular complexity index is 2750. The first-order valence-corrected chi connectivity index (χ1v) is 41.9. The van der Waals surface area contributed by atoms with Gasteiger partial charge < -0.3 is 73.7 Å². The van der Waals surface area contributed by atoms with Gasteiger partial charge in [-0.3, -0.25) is 67.1 Å². The van der Waals surface area contributed by atoms with Crippen LogP contribution in [0.3, 0.4) is 0 Å². The summed E-state index contributed by atoms with van der Waals surface area (Å²) in [6.07, 6.45) is 33.2. The number of carbonyl (C=O) groups is 15. The number of unbranched alkanes of at least 4 members (excludes halogenated alkanes) is 40. The molecule has 0 heterocycles. The predicted molar refractivity (Wildman–Crippen MR) is 419 cm³/mol. The summed E-state index contributed by atoms with van der Waals surface area (Å²) in [6, 6.07) is -1.17. The quantitative estimate of drug-likeness (QED) is 0.0214. The highest BCUT2D eigenvalue weighted by atomic mass is 16.7. The molecule has 0 saturated carbocycles. The molecule has 113 heavy (non-hydrogen) atoms. The normalized spacial score (nSPS) is 13.4. The van der Waals surface area contributed by atoms with Crippen molar-refractivity contribution in [3.63, 3.8) is 0 Å². The Labute approximate surface area is 671 Å². The molecule has 0 aromatic rings. The number of rotatable bonds is 72. The van der Waals surface area contributed by atoms with Crippen LogP contribution in [0, 0.1) is 0 Å². The number of esters is 10. The maximum absolute atomic E-state index is 13.4. The van der Waals surface area contributed by atoms with Crippen LogP contribution in [-0.4, -0.2) is 182 Å². The van der Waals surface area contributed by atoms with Crippen LogP contribution in [0.1, 0.15) is 352 Å². The van der Waals surface area contributed by atoms with Gasteiger partial charge in [-0.2, -0.15) is 0 Å². The first-order chi connectivity index (χ1) is 53.9. The third-order valence-electron chi connectivity index (χ3n) is 18.7. The van der Waals surface area contributed by atoms with Gasteiger partial charge in [-0.05, 0) is 25.7 Å². The van der Waals surface area contributed by atoms with Crippen LogP contribution in [0.25, 0.3) is 0 Å². The van der Waals surface area contributed by atoms with Crippen LogP contribution in [0.15, 0.2) is 0 Å². The molecule has 9 atom stereocenters. The number of ether oxygens (including phenoxy) is 10. The summed E-state index contributed by atoms with van der Waals surface area (Å²) in [7, 11) is 0. The zero-order chi connectivity index (χ0) is 84.4. The Morgan fingerprint density at radius 3 is 0.699 bits per heavy atom. The first kappa shape index (κ1) is 105. The SMILES string of the molecule is CC(=O)OC[C@H](OC(C)=O)[C@@H](OC(C)=O)[C@H](OC(C)=O)[C@@H](OC(C)=O)C(=O)NCCCCCCCCCCCCCCCCCCCCCCCC(=O)NC(CNC(=O)CCCCCCCCCCCCCCCCCCCCCCCNC(=O)[C@@H](OC(C)=O)[C@H](OC(C)=O)[C@@H](OC(C)=O)[C@@H](COC(C)=O)OC(C)=O)C(=O)O. The average molecular weight is 1610 g/mol. The van der Waals surface area contributed by atoms with Crippen molar-refractivity contribution < 1.29 is 124 Å². The largest absolute Gasteiger partial charge is 0.480 e. The van der Waals surface area contributed by atoms with Gasteiger partial charge in [0.25, 0.3) is 11.8 Å². The first-order valence-electron chi connectivity index (χ1n) is 41.9. The molecule has 30 heteroatoms. The summed E-state index contributed by atoms with van der Waals surface area (Å²) >= 11 is 0. The zero-order valence-electron chi connectivity index (χ0n) is 70.0. The van der Waals surface area contributed by atoms with Gasteiger partial charge in [0, 0.05) is 102 Å². The summed E-state index contributed by atoms with van der Waals surface area (Å²) in [5.41, 5.74) is 0. The van der Waals surface area contributed by atoms with E-state index in [2.05, 4.69) is 21.3 Å². The number of hydrogen-bond acceptors (Lipinski definition) is 25. The smallest absolute Gasteiger partial charge is 0.328 e. The van der Waals surface area contributed by atoms with Gasteiger partial charge in [0.05, 0.1) is 0 Å². The lowest BCUT2D eigenvalue weighted by molar-refractivity contribution is -0.203. The fraction of sp³-hybridized carbons (Fsp3) is 0.819. The van der Waals surface area contributed by atoms with E-state index < -0.39 is 146 Å². The van der Waals surface area contributed by atoms with Crippen molar-refractivity contribution in [1.82, 2.24) is 21.3 Å². The molecule has 30 nitrogen and oxygen atoms in total. The molecule has 0 aliphatic heterocycles. The predicted octanol–water partition coefficient (Wildman–Crippen LogP) is 12.6. The summed E-state index contributed by atoms with van der Waals surface area (Å²) in [6.45, 7) is 9.63. The van der Waals surface area contributed by atoms with Crippen molar-refractivity contribution in [3.05, 3.63) is 0 Å². The van der Waals surface area contributed by atoms with Crippen LogP contribution in [0.4, 0.5) is 0 Å². The van der Waals surface area contributed by atoms with Gasteiger partial charge in [-0.25, -0.2) is 4.79 Å².